The summed E-state index contributed by atoms with van der Waals surface area (Å²) in [6.07, 6.45) is 3.60. The molecule has 1 N–H and O–H groups in total. The van der Waals surface area contributed by atoms with Gasteiger partial charge in [0.15, 0.2) is 0 Å². The number of piperazine rings is 1. The van der Waals surface area contributed by atoms with Crippen LogP contribution in [0.5, 0.6) is 0 Å². The fourth-order valence-electron chi connectivity index (χ4n) is 2.93. The maximum Gasteiger partial charge on any atom is 0.246 e. The highest BCUT2D eigenvalue weighted by Gasteiger charge is 2.32. The van der Waals surface area contributed by atoms with Gasteiger partial charge in [-0.2, -0.15) is 9.40 Å². The highest BCUT2D eigenvalue weighted by atomic mass is 32.2. The predicted molar refractivity (Wildman–Crippen MR) is 86.3 cm³/mol. The Morgan fingerprint density at radius 3 is 2.52 bits per heavy atom. The number of sulfonamides is 1. The number of hydrogen-bond acceptors (Lipinski definition) is 5. The van der Waals surface area contributed by atoms with Crippen molar-refractivity contribution >= 4 is 10.0 Å². The second-order valence-corrected chi connectivity index (χ2v) is 7.68. The van der Waals surface area contributed by atoms with Gasteiger partial charge >= 0.3 is 0 Å². The maximum atomic E-state index is 12.8. The summed E-state index contributed by atoms with van der Waals surface area (Å²) in [6.45, 7) is 6.67. The highest BCUT2D eigenvalue weighted by molar-refractivity contribution is 7.89. The molecule has 1 aliphatic rings. The van der Waals surface area contributed by atoms with Crippen LogP contribution in [0.25, 0.3) is 0 Å². The molecule has 0 radical (unpaired) electrons. The zero-order chi connectivity index (χ0) is 16.4. The lowest BCUT2D eigenvalue weighted by molar-refractivity contribution is 0.181. The normalized spacial score (nSPS) is 17.5. The minimum absolute atomic E-state index is 0.318. The molecule has 1 fully saturated rings. The number of aromatic amines is 1. The highest BCUT2D eigenvalue weighted by Crippen LogP contribution is 2.23. The van der Waals surface area contributed by atoms with Crippen LogP contribution in [0.1, 0.15) is 17.0 Å². The third-order valence-electron chi connectivity index (χ3n) is 4.12. The van der Waals surface area contributed by atoms with Gasteiger partial charge < -0.3 is 0 Å². The molecule has 2 aromatic rings. The Kier molecular flexibility index (Phi) is 4.47. The van der Waals surface area contributed by atoms with Crippen molar-refractivity contribution in [2.45, 2.75) is 25.3 Å². The average Bonchev–Trinajstić information content (AvgIpc) is 2.88. The number of rotatable bonds is 4. The van der Waals surface area contributed by atoms with E-state index in [1.807, 2.05) is 18.3 Å². The number of pyridine rings is 1. The van der Waals surface area contributed by atoms with E-state index in [1.165, 1.54) is 0 Å². The van der Waals surface area contributed by atoms with Gasteiger partial charge in [0.2, 0.25) is 10.0 Å². The van der Waals surface area contributed by atoms with E-state index in [0.717, 1.165) is 12.1 Å². The minimum Gasteiger partial charge on any atom is -0.296 e. The van der Waals surface area contributed by atoms with Crippen LogP contribution in [-0.2, 0) is 16.6 Å². The van der Waals surface area contributed by atoms with E-state index in [-0.39, 0.29) is 0 Å². The zero-order valence-corrected chi connectivity index (χ0v) is 14.2. The molecule has 0 aliphatic carbocycles. The summed E-state index contributed by atoms with van der Waals surface area (Å²) in [4.78, 5) is 6.68. The fraction of sp³-hybridized carbons (Fsp3) is 0.467. The van der Waals surface area contributed by atoms with Gasteiger partial charge in [0.05, 0.1) is 11.4 Å². The molecule has 0 unspecified atom stereocenters. The van der Waals surface area contributed by atoms with Crippen LogP contribution in [0.3, 0.4) is 0 Å². The van der Waals surface area contributed by atoms with Crippen molar-refractivity contribution in [2.24, 2.45) is 0 Å². The van der Waals surface area contributed by atoms with Gasteiger partial charge in [0.1, 0.15) is 4.90 Å². The molecule has 0 atom stereocenters. The summed E-state index contributed by atoms with van der Waals surface area (Å²) < 4.78 is 27.1. The Morgan fingerprint density at radius 1 is 1.22 bits per heavy atom. The van der Waals surface area contributed by atoms with Crippen molar-refractivity contribution in [3.63, 3.8) is 0 Å². The fourth-order valence-corrected chi connectivity index (χ4v) is 4.68. The Labute approximate surface area is 136 Å². The van der Waals surface area contributed by atoms with Crippen LogP contribution >= 0.6 is 0 Å². The van der Waals surface area contributed by atoms with Crippen LogP contribution in [0.15, 0.2) is 29.4 Å². The lowest BCUT2D eigenvalue weighted by Gasteiger charge is -2.33. The van der Waals surface area contributed by atoms with E-state index in [1.54, 1.807) is 24.3 Å². The summed E-state index contributed by atoms with van der Waals surface area (Å²) in [7, 11) is -3.48. The average molecular weight is 335 g/mol. The standard InChI is InChI=1S/C15H21N5O2S/c1-12-15(13(2)18-17-12)23(21,22)20-8-6-19(7-9-20)11-14-4-3-5-16-10-14/h3-5,10H,6-9,11H2,1-2H3,(H,17,18). The van der Waals surface area contributed by atoms with E-state index in [0.29, 0.717) is 42.5 Å². The Hall–Kier alpha value is -1.77. The van der Waals surface area contributed by atoms with Gasteiger partial charge in [0.25, 0.3) is 0 Å². The van der Waals surface area contributed by atoms with Crippen molar-refractivity contribution in [1.29, 1.82) is 0 Å². The first-order valence-corrected chi connectivity index (χ1v) is 9.05. The van der Waals surface area contributed by atoms with Crippen molar-refractivity contribution in [1.82, 2.24) is 24.4 Å². The molecule has 0 bridgehead atoms. The topological polar surface area (TPSA) is 82.2 Å². The predicted octanol–water partition coefficient (Wildman–Crippen LogP) is 0.928. The Balaban J connectivity index is 1.67. The Morgan fingerprint density at radius 2 is 1.96 bits per heavy atom. The smallest absolute Gasteiger partial charge is 0.246 e. The first kappa shape index (κ1) is 16.1. The lowest BCUT2D eigenvalue weighted by Crippen LogP contribution is -2.48. The lowest BCUT2D eigenvalue weighted by atomic mass is 10.2. The van der Waals surface area contributed by atoms with Crippen LogP contribution in [0.2, 0.25) is 0 Å². The van der Waals surface area contributed by atoms with E-state index in [9.17, 15) is 8.42 Å². The summed E-state index contributed by atoms with van der Waals surface area (Å²) in [5.74, 6) is 0. The third kappa shape index (κ3) is 3.29. The van der Waals surface area contributed by atoms with Crippen LogP contribution < -0.4 is 0 Å². The molecule has 8 heteroatoms. The molecule has 0 spiro atoms. The molecule has 0 amide bonds. The zero-order valence-electron chi connectivity index (χ0n) is 13.4. The quantitative estimate of drug-likeness (QED) is 0.899. The Bertz CT molecular complexity index is 745. The maximum absolute atomic E-state index is 12.8. The van der Waals surface area contributed by atoms with Gasteiger partial charge in [-0.05, 0) is 25.5 Å². The van der Waals surface area contributed by atoms with E-state index >= 15 is 0 Å². The van der Waals surface area contributed by atoms with Crippen molar-refractivity contribution in [2.75, 3.05) is 26.2 Å². The van der Waals surface area contributed by atoms with Gasteiger partial charge in [-0.3, -0.25) is 15.0 Å². The monoisotopic (exact) mass is 335 g/mol. The molecule has 0 aromatic carbocycles. The number of aryl methyl sites for hydroxylation is 2. The molecule has 1 aliphatic heterocycles. The number of aromatic nitrogens is 3. The van der Waals surface area contributed by atoms with Crippen molar-refractivity contribution in [3.05, 3.63) is 41.5 Å². The molecule has 7 nitrogen and oxygen atoms in total. The molecule has 23 heavy (non-hydrogen) atoms. The molecule has 0 saturated carbocycles. The number of nitrogens with one attached hydrogen (secondary N) is 1. The summed E-state index contributed by atoms with van der Waals surface area (Å²) in [5, 5.41) is 6.75. The van der Waals surface area contributed by atoms with Crippen molar-refractivity contribution < 1.29 is 8.42 Å². The first-order chi connectivity index (χ1) is 11.0. The number of H-pyrrole nitrogens is 1. The third-order valence-corrected chi connectivity index (χ3v) is 6.28. The number of hydrogen-bond donors (Lipinski definition) is 1. The SMILES string of the molecule is Cc1n[nH]c(C)c1S(=O)(=O)N1CCN(Cc2cccnc2)CC1. The summed E-state index contributed by atoms with van der Waals surface area (Å²) >= 11 is 0. The van der Waals surface area contributed by atoms with Crippen LogP contribution in [0.4, 0.5) is 0 Å². The van der Waals surface area contributed by atoms with E-state index in [4.69, 9.17) is 0 Å². The second kappa shape index (κ2) is 6.38. The second-order valence-electron chi connectivity index (χ2n) is 5.80. The van der Waals surface area contributed by atoms with Crippen LogP contribution in [-0.4, -0.2) is 59.0 Å². The van der Waals surface area contributed by atoms with Crippen molar-refractivity contribution in [3.8, 4) is 0 Å². The van der Waals surface area contributed by atoms with Crippen LogP contribution in [0, 0.1) is 13.8 Å². The van der Waals surface area contributed by atoms with Gasteiger partial charge in [0, 0.05) is 45.1 Å². The summed E-state index contributed by atoms with van der Waals surface area (Å²) in [5.41, 5.74) is 2.27. The van der Waals surface area contributed by atoms with Gasteiger partial charge in [-0.25, -0.2) is 8.42 Å². The minimum atomic E-state index is -3.48. The van der Waals surface area contributed by atoms with Gasteiger partial charge in [-0.15, -0.1) is 0 Å². The molecule has 124 valence electrons. The van der Waals surface area contributed by atoms with E-state index in [2.05, 4.69) is 20.1 Å². The molecule has 1 saturated heterocycles. The molecule has 2 aromatic heterocycles. The molecule has 3 heterocycles. The number of nitrogens with zero attached hydrogens (tertiary/aromatic N) is 4. The first-order valence-electron chi connectivity index (χ1n) is 7.61. The molecular weight excluding hydrogens is 314 g/mol. The molecular formula is C15H21N5O2S. The largest absolute Gasteiger partial charge is 0.296 e. The van der Waals surface area contributed by atoms with E-state index < -0.39 is 10.0 Å². The van der Waals surface area contributed by atoms with Gasteiger partial charge in [-0.1, -0.05) is 6.07 Å². The molecule has 3 rings (SSSR count). The summed E-state index contributed by atoms with van der Waals surface area (Å²) in [6, 6.07) is 3.95.